The molecule has 0 spiro atoms. The van der Waals surface area contributed by atoms with Gasteiger partial charge in [-0.3, -0.25) is 5.43 Å². The summed E-state index contributed by atoms with van der Waals surface area (Å²) in [5, 5.41) is 3.24. The smallest absolute Gasteiger partial charge is 0.206 e. The number of hydrogen-bond donors (Lipinski definition) is 3. The molecule has 1 saturated carbocycles. The molecule has 0 bridgehead atoms. The number of aliphatic imine (C=N–C) groups is 1. The summed E-state index contributed by atoms with van der Waals surface area (Å²) in [5.41, 5.74) is 5.05. The highest BCUT2D eigenvalue weighted by Crippen LogP contribution is 2.18. The molecular weight excluding hydrogens is 200 g/mol. The van der Waals surface area contributed by atoms with Gasteiger partial charge in [-0.15, -0.1) is 0 Å². The summed E-state index contributed by atoms with van der Waals surface area (Å²) in [6.45, 7) is 2.73. The summed E-state index contributed by atoms with van der Waals surface area (Å²) in [7, 11) is 0. The van der Waals surface area contributed by atoms with Crippen LogP contribution in [0.4, 0.5) is 0 Å². The van der Waals surface area contributed by atoms with Gasteiger partial charge in [-0.05, 0) is 25.3 Å². The van der Waals surface area contributed by atoms with E-state index in [4.69, 9.17) is 5.84 Å². The van der Waals surface area contributed by atoms with E-state index in [0.717, 1.165) is 0 Å². The summed E-state index contributed by atoms with van der Waals surface area (Å²) in [4.78, 5) is 4.40. The van der Waals surface area contributed by atoms with E-state index in [2.05, 4.69) is 40.9 Å². The van der Waals surface area contributed by atoms with Gasteiger partial charge in [0.15, 0.2) is 0 Å². The first-order valence-electron chi connectivity index (χ1n) is 5.61. The Balaban J connectivity index is 1.94. The lowest BCUT2D eigenvalue weighted by Crippen LogP contribution is -2.42. The molecule has 0 aromatic heterocycles. The molecule has 1 aliphatic carbocycles. The second kappa shape index (κ2) is 4.99. The number of benzene rings is 1. The third-order valence-electron chi connectivity index (χ3n) is 2.56. The van der Waals surface area contributed by atoms with Gasteiger partial charge in [0.2, 0.25) is 5.96 Å². The van der Waals surface area contributed by atoms with Crippen LogP contribution in [0.2, 0.25) is 0 Å². The number of rotatable bonds is 3. The van der Waals surface area contributed by atoms with Crippen molar-refractivity contribution in [3.63, 3.8) is 0 Å². The fraction of sp³-hybridized carbons (Fsp3) is 0.417. The van der Waals surface area contributed by atoms with E-state index in [9.17, 15) is 0 Å². The predicted octanol–water partition coefficient (Wildman–Crippen LogP) is 1.07. The van der Waals surface area contributed by atoms with E-state index in [0.29, 0.717) is 18.5 Å². The van der Waals surface area contributed by atoms with E-state index in [1.165, 1.54) is 24.0 Å². The maximum atomic E-state index is 5.40. The average Bonchev–Trinajstić information content (AvgIpc) is 3.08. The van der Waals surface area contributed by atoms with Crippen molar-refractivity contribution < 1.29 is 0 Å². The number of guanidine groups is 1. The predicted molar refractivity (Wildman–Crippen MR) is 65.8 cm³/mol. The van der Waals surface area contributed by atoms with Crippen molar-refractivity contribution in [2.24, 2.45) is 10.8 Å². The molecule has 16 heavy (non-hydrogen) atoms. The number of hydrogen-bond acceptors (Lipinski definition) is 2. The molecule has 0 amide bonds. The molecule has 4 N–H and O–H groups in total. The Kier molecular flexibility index (Phi) is 3.41. The van der Waals surface area contributed by atoms with Gasteiger partial charge >= 0.3 is 0 Å². The van der Waals surface area contributed by atoms with Crippen LogP contribution < -0.4 is 16.6 Å². The topological polar surface area (TPSA) is 62.4 Å². The molecule has 1 fully saturated rings. The normalized spacial score (nSPS) is 16.0. The lowest BCUT2D eigenvalue weighted by molar-refractivity contribution is 0.821. The maximum absolute atomic E-state index is 5.40. The fourth-order valence-corrected chi connectivity index (χ4v) is 1.53. The Morgan fingerprint density at radius 1 is 1.50 bits per heavy atom. The first kappa shape index (κ1) is 11.0. The number of aryl methyl sites for hydroxylation is 1. The van der Waals surface area contributed by atoms with Crippen LogP contribution >= 0.6 is 0 Å². The van der Waals surface area contributed by atoms with Crippen LogP contribution in [0.25, 0.3) is 0 Å². The summed E-state index contributed by atoms with van der Waals surface area (Å²) in [5.74, 6) is 6.08. The van der Waals surface area contributed by atoms with Crippen LogP contribution in [-0.2, 0) is 6.54 Å². The summed E-state index contributed by atoms with van der Waals surface area (Å²) >= 11 is 0. The van der Waals surface area contributed by atoms with E-state index < -0.39 is 0 Å². The Morgan fingerprint density at radius 3 is 2.94 bits per heavy atom. The van der Waals surface area contributed by atoms with E-state index in [-0.39, 0.29) is 0 Å². The number of nitrogens with zero attached hydrogens (tertiary/aromatic N) is 1. The van der Waals surface area contributed by atoms with Gasteiger partial charge in [0.25, 0.3) is 0 Å². The molecule has 0 atom stereocenters. The van der Waals surface area contributed by atoms with Crippen LogP contribution in [0.3, 0.4) is 0 Å². The highest BCUT2D eigenvalue weighted by atomic mass is 15.3. The monoisotopic (exact) mass is 218 g/mol. The largest absolute Gasteiger partial charge is 0.353 e. The average molecular weight is 218 g/mol. The first-order chi connectivity index (χ1) is 7.78. The van der Waals surface area contributed by atoms with Gasteiger partial charge in [0.1, 0.15) is 0 Å². The molecule has 0 aliphatic heterocycles. The second-order valence-corrected chi connectivity index (χ2v) is 4.22. The van der Waals surface area contributed by atoms with Crippen LogP contribution in [0.1, 0.15) is 24.0 Å². The molecule has 0 radical (unpaired) electrons. The van der Waals surface area contributed by atoms with Gasteiger partial charge in [-0.25, -0.2) is 10.8 Å². The number of hydrazine groups is 1. The highest BCUT2D eigenvalue weighted by molar-refractivity contribution is 5.79. The zero-order chi connectivity index (χ0) is 11.4. The molecular formula is C12H18N4. The molecule has 0 heterocycles. The Morgan fingerprint density at radius 2 is 2.31 bits per heavy atom. The molecule has 2 rings (SSSR count). The zero-order valence-corrected chi connectivity index (χ0v) is 9.53. The van der Waals surface area contributed by atoms with Crippen molar-refractivity contribution in [3.05, 3.63) is 35.4 Å². The summed E-state index contributed by atoms with van der Waals surface area (Å²) in [6, 6.07) is 8.89. The molecule has 86 valence electrons. The van der Waals surface area contributed by atoms with E-state index in [1.54, 1.807) is 0 Å². The first-order valence-corrected chi connectivity index (χ1v) is 5.61. The Labute approximate surface area is 95.9 Å². The van der Waals surface area contributed by atoms with Crippen molar-refractivity contribution in [2.75, 3.05) is 0 Å². The van der Waals surface area contributed by atoms with Crippen LogP contribution in [0, 0.1) is 6.92 Å². The molecule has 4 heteroatoms. The van der Waals surface area contributed by atoms with Crippen LogP contribution in [0.5, 0.6) is 0 Å². The van der Waals surface area contributed by atoms with Crippen LogP contribution in [-0.4, -0.2) is 12.0 Å². The number of nitrogens with one attached hydrogen (secondary N) is 2. The van der Waals surface area contributed by atoms with Crippen LogP contribution in [0.15, 0.2) is 29.3 Å². The second-order valence-electron chi connectivity index (χ2n) is 4.22. The Bertz CT molecular complexity index is 382. The summed E-state index contributed by atoms with van der Waals surface area (Å²) in [6.07, 6.45) is 2.43. The molecule has 1 aliphatic rings. The lowest BCUT2D eigenvalue weighted by Gasteiger charge is -2.07. The summed E-state index contributed by atoms with van der Waals surface area (Å²) < 4.78 is 0. The van der Waals surface area contributed by atoms with E-state index in [1.807, 2.05) is 6.07 Å². The third kappa shape index (κ3) is 3.24. The highest BCUT2D eigenvalue weighted by Gasteiger charge is 2.21. The van der Waals surface area contributed by atoms with Crippen molar-refractivity contribution in [1.82, 2.24) is 10.7 Å². The van der Waals surface area contributed by atoms with Crippen molar-refractivity contribution >= 4 is 5.96 Å². The minimum Gasteiger partial charge on any atom is -0.353 e. The molecule has 0 saturated heterocycles. The fourth-order valence-electron chi connectivity index (χ4n) is 1.53. The minimum absolute atomic E-state index is 0.562. The molecule has 4 nitrogen and oxygen atoms in total. The van der Waals surface area contributed by atoms with Gasteiger partial charge in [-0.1, -0.05) is 29.8 Å². The third-order valence-corrected chi connectivity index (χ3v) is 2.56. The Hall–Kier alpha value is -1.55. The van der Waals surface area contributed by atoms with E-state index >= 15 is 0 Å². The molecule has 0 unspecified atom stereocenters. The van der Waals surface area contributed by atoms with Gasteiger partial charge in [-0.2, -0.15) is 0 Å². The van der Waals surface area contributed by atoms with Crippen molar-refractivity contribution in [2.45, 2.75) is 32.4 Å². The van der Waals surface area contributed by atoms with Gasteiger partial charge in [0.05, 0.1) is 6.54 Å². The SMILES string of the molecule is Cc1cccc(CN=C(NN)NC2CC2)c1. The number of nitrogens with two attached hydrogens (primary N) is 1. The minimum atomic E-state index is 0.562. The van der Waals surface area contributed by atoms with Crippen molar-refractivity contribution in [1.29, 1.82) is 0 Å². The molecule has 1 aromatic rings. The lowest BCUT2D eigenvalue weighted by atomic mass is 10.1. The zero-order valence-electron chi connectivity index (χ0n) is 9.53. The van der Waals surface area contributed by atoms with Gasteiger partial charge < -0.3 is 5.32 Å². The molecule has 1 aromatic carbocycles. The maximum Gasteiger partial charge on any atom is 0.206 e. The standard InChI is InChI=1S/C12H18N4/c1-9-3-2-4-10(7-9)8-14-12(16-13)15-11-5-6-11/h2-4,7,11H,5-6,8,13H2,1H3,(H2,14,15,16). The van der Waals surface area contributed by atoms with Gasteiger partial charge in [0, 0.05) is 6.04 Å². The quantitative estimate of drug-likeness (QED) is 0.308. The van der Waals surface area contributed by atoms with Crippen molar-refractivity contribution in [3.8, 4) is 0 Å².